The monoisotopic (exact) mass is 796 g/mol. The fourth-order valence-electron chi connectivity index (χ4n) is 10.1. The zero-order valence-corrected chi connectivity index (χ0v) is 33.9. The van der Waals surface area contributed by atoms with E-state index in [1.165, 1.54) is 22.3 Å². The molecule has 2 unspecified atom stereocenters. The summed E-state index contributed by atoms with van der Waals surface area (Å²) >= 11 is 0. The molecule has 2 aromatic heterocycles. The summed E-state index contributed by atoms with van der Waals surface area (Å²) in [7, 11) is 0. The third-order valence-corrected chi connectivity index (χ3v) is 13.0. The van der Waals surface area contributed by atoms with Crippen LogP contribution in [0.1, 0.15) is 22.3 Å². The first-order chi connectivity index (χ1) is 30.5. The van der Waals surface area contributed by atoms with Crippen LogP contribution in [-0.4, -0.2) is 0 Å². The minimum absolute atomic E-state index is 0.0143. The molecule has 0 aliphatic heterocycles. The molecule has 6 heteroatoms. The molecular weight excluding hydrogens is 761 g/mol. The Morgan fingerprint density at radius 1 is 0.468 bits per heavy atom. The van der Waals surface area contributed by atoms with Crippen LogP contribution < -0.4 is 9.80 Å². The Balaban J connectivity index is 1.04. The summed E-state index contributed by atoms with van der Waals surface area (Å²) in [5, 5.41) is 23.8. The van der Waals surface area contributed by atoms with Gasteiger partial charge in [0.1, 0.15) is 11.2 Å². The van der Waals surface area contributed by atoms with E-state index in [4.69, 9.17) is 8.83 Å². The Labute approximate surface area is 358 Å². The summed E-state index contributed by atoms with van der Waals surface area (Å²) < 4.78 is 13.6. The van der Waals surface area contributed by atoms with Gasteiger partial charge >= 0.3 is 0 Å². The first-order valence-corrected chi connectivity index (χ1v) is 20.9. The van der Waals surface area contributed by atoms with E-state index in [-0.39, 0.29) is 11.8 Å². The molecule has 0 bridgehead atoms. The molecule has 0 fully saturated rings. The maximum absolute atomic E-state index is 9.78. The summed E-state index contributed by atoms with van der Waals surface area (Å²) in [6, 6.07) is 45.6. The molecular formula is C56H36N4O2. The SMILES string of the molecule is Cc1cccc2c1oc1c(N(C3=CC=C4C=CC5=C(N(c6ccc(C#N)cc6)c6cccc7c6oc6c(C)cccc67)C=CC6=CC=C3C4C65)c3ccc(C#N)cc3)cccc12. The Bertz CT molecular complexity index is 3570. The van der Waals surface area contributed by atoms with Crippen LogP contribution in [-0.2, 0) is 0 Å². The van der Waals surface area contributed by atoms with Gasteiger partial charge in [0.15, 0.2) is 11.2 Å². The Hall–Kier alpha value is -8.32. The molecule has 8 aromatic rings. The number of allylic oxidation sites excluding steroid dienone is 12. The number of anilines is 4. The lowest BCUT2D eigenvalue weighted by Crippen LogP contribution is -2.35. The number of hydrogen-bond acceptors (Lipinski definition) is 6. The molecule has 0 N–H and O–H groups in total. The molecule has 292 valence electrons. The quantitative estimate of drug-likeness (QED) is 0.167. The molecule has 4 aliphatic rings. The van der Waals surface area contributed by atoms with Crippen LogP contribution >= 0.6 is 0 Å². The van der Waals surface area contributed by atoms with Gasteiger partial charge in [-0.2, -0.15) is 10.5 Å². The van der Waals surface area contributed by atoms with Crippen LogP contribution in [0.4, 0.5) is 22.7 Å². The van der Waals surface area contributed by atoms with Gasteiger partial charge < -0.3 is 18.6 Å². The molecule has 0 amide bonds. The fourth-order valence-corrected chi connectivity index (χ4v) is 10.1. The minimum atomic E-state index is 0.0143. The number of nitriles is 2. The van der Waals surface area contributed by atoms with E-state index in [1.54, 1.807) is 0 Å². The van der Waals surface area contributed by atoms with E-state index < -0.39 is 0 Å². The van der Waals surface area contributed by atoms with Crippen molar-refractivity contribution >= 4 is 66.6 Å². The summed E-state index contributed by atoms with van der Waals surface area (Å²) in [6.07, 6.45) is 18.1. The van der Waals surface area contributed by atoms with E-state index >= 15 is 0 Å². The number of para-hydroxylation sites is 4. The Kier molecular flexibility index (Phi) is 7.82. The number of nitrogens with zero attached hydrogens (tertiary/aromatic N) is 4. The standard InChI is InChI=1S/C56H36N4O2/c1-33-7-3-9-41-43-11-5-13-49(55(43)61-53(33)41)59(39-23-15-35(31-57)16-24-39)47-29-21-37-20-28-46-48(30-22-38-19-27-45(47)51(37)52(38)46)60(40-25-17-36(32-58)18-26-40)50-14-6-12-44-42-10-4-8-34(2)54(42)62-56(44)50/h3-30,51-52H,1-2H3. The number of fused-ring (bicyclic) bond motifs is 6. The van der Waals surface area contributed by atoms with Crippen LogP contribution in [0.5, 0.6) is 0 Å². The van der Waals surface area contributed by atoms with Gasteiger partial charge in [0.05, 0.1) is 46.0 Å². The summed E-state index contributed by atoms with van der Waals surface area (Å²) in [5.74, 6) is 0.0285. The van der Waals surface area contributed by atoms with Crippen molar-refractivity contribution in [3.8, 4) is 12.1 Å². The second-order valence-corrected chi connectivity index (χ2v) is 16.4. The molecule has 2 heterocycles. The lowest BCUT2D eigenvalue weighted by atomic mass is 9.63. The van der Waals surface area contributed by atoms with Crippen LogP contribution in [0.25, 0.3) is 43.9 Å². The van der Waals surface area contributed by atoms with Crippen LogP contribution in [0.2, 0.25) is 0 Å². The van der Waals surface area contributed by atoms with Gasteiger partial charge in [0, 0.05) is 44.8 Å². The number of furan rings is 2. The Morgan fingerprint density at radius 2 is 0.952 bits per heavy atom. The van der Waals surface area contributed by atoms with Crippen LogP contribution in [0, 0.1) is 48.3 Å². The van der Waals surface area contributed by atoms with Crippen molar-refractivity contribution in [1.82, 2.24) is 0 Å². The minimum Gasteiger partial charge on any atom is -0.454 e. The number of hydrogen-bond donors (Lipinski definition) is 0. The highest BCUT2D eigenvalue weighted by Crippen LogP contribution is 2.55. The molecule has 0 saturated carbocycles. The van der Waals surface area contributed by atoms with Crippen molar-refractivity contribution in [1.29, 1.82) is 10.5 Å². The number of aryl methyl sites for hydroxylation is 2. The molecule has 2 atom stereocenters. The topological polar surface area (TPSA) is 80.3 Å². The van der Waals surface area contributed by atoms with Gasteiger partial charge in [0.25, 0.3) is 0 Å². The average Bonchev–Trinajstić information content (AvgIpc) is 3.91. The van der Waals surface area contributed by atoms with E-state index in [0.717, 1.165) is 89.1 Å². The molecule has 0 saturated heterocycles. The highest BCUT2D eigenvalue weighted by molar-refractivity contribution is 6.12. The number of benzene rings is 6. The van der Waals surface area contributed by atoms with E-state index in [0.29, 0.717) is 11.1 Å². The second kappa shape index (κ2) is 13.6. The third kappa shape index (κ3) is 5.21. The van der Waals surface area contributed by atoms with Gasteiger partial charge in [-0.25, -0.2) is 0 Å². The predicted octanol–water partition coefficient (Wildman–Crippen LogP) is 14.1. The lowest BCUT2D eigenvalue weighted by molar-refractivity contribution is 0.551. The van der Waals surface area contributed by atoms with Gasteiger partial charge in [-0.3, -0.25) is 0 Å². The summed E-state index contributed by atoms with van der Waals surface area (Å²) in [4.78, 5) is 4.60. The lowest BCUT2D eigenvalue weighted by Gasteiger charge is -2.45. The van der Waals surface area contributed by atoms with Crippen LogP contribution in [0.3, 0.4) is 0 Å². The third-order valence-electron chi connectivity index (χ3n) is 13.0. The molecule has 0 radical (unpaired) electrons. The van der Waals surface area contributed by atoms with Crippen molar-refractivity contribution in [3.05, 3.63) is 226 Å². The molecule has 0 spiro atoms. The number of rotatable bonds is 6. The van der Waals surface area contributed by atoms with E-state index in [2.05, 4.69) is 157 Å². The maximum Gasteiger partial charge on any atom is 0.159 e. The smallest absolute Gasteiger partial charge is 0.159 e. The molecule has 12 rings (SSSR count). The molecule has 4 aliphatic carbocycles. The molecule has 62 heavy (non-hydrogen) atoms. The van der Waals surface area contributed by atoms with Gasteiger partial charge in [-0.15, -0.1) is 0 Å². The van der Waals surface area contributed by atoms with Crippen molar-refractivity contribution < 1.29 is 8.83 Å². The first-order valence-electron chi connectivity index (χ1n) is 20.9. The predicted molar refractivity (Wildman–Crippen MR) is 248 cm³/mol. The van der Waals surface area contributed by atoms with Gasteiger partial charge in [0.2, 0.25) is 0 Å². The largest absolute Gasteiger partial charge is 0.454 e. The first kappa shape index (κ1) is 35.6. The van der Waals surface area contributed by atoms with Crippen molar-refractivity contribution in [2.45, 2.75) is 13.8 Å². The second-order valence-electron chi connectivity index (χ2n) is 16.4. The van der Waals surface area contributed by atoms with Crippen molar-refractivity contribution in [3.63, 3.8) is 0 Å². The molecule has 6 aromatic carbocycles. The van der Waals surface area contributed by atoms with E-state index in [9.17, 15) is 10.5 Å². The molecule has 6 nitrogen and oxygen atoms in total. The van der Waals surface area contributed by atoms with Crippen molar-refractivity contribution in [2.24, 2.45) is 11.8 Å². The van der Waals surface area contributed by atoms with Gasteiger partial charge in [-0.1, -0.05) is 97.1 Å². The highest BCUT2D eigenvalue weighted by Gasteiger charge is 2.43. The maximum atomic E-state index is 9.78. The normalized spacial score (nSPS) is 17.4. The Morgan fingerprint density at radius 3 is 1.53 bits per heavy atom. The highest BCUT2D eigenvalue weighted by atomic mass is 16.3. The van der Waals surface area contributed by atoms with E-state index in [1.807, 2.05) is 48.5 Å². The van der Waals surface area contributed by atoms with Gasteiger partial charge in [-0.05, 0) is 120 Å². The summed E-state index contributed by atoms with van der Waals surface area (Å²) in [5.41, 5.74) is 17.4. The zero-order chi connectivity index (χ0) is 41.6. The zero-order valence-electron chi connectivity index (χ0n) is 33.9. The van der Waals surface area contributed by atoms with Crippen molar-refractivity contribution in [2.75, 3.05) is 9.80 Å². The van der Waals surface area contributed by atoms with Crippen LogP contribution in [0.15, 0.2) is 212 Å². The fraction of sp³-hybridized carbons (Fsp3) is 0.0714. The summed E-state index contributed by atoms with van der Waals surface area (Å²) in [6.45, 7) is 4.18. The average molecular weight is 797 g/mol.